The highest BCUT2D eigenvalue weighted by Crippen LogP contribution is 2.31. The van der Waals surface area contributed by atoms with Crippen molar-refractivity contribution < 1.29 is 22.4 Å². The van der Waals surface area contributed by atoms with E-state index < -0.39 is 60.7 Å². The largest absolute Gasteiger partial charge is 0.381 e. The van der Waals surface area contributed by atoms with Crippen LogP contribution < -0.4 is 16.8 Å². The van der Waals surface area contributed by atoms with Crippen molar-refractivity contribution in [2.75, 3.05) is 11.1 Å². The van der Waals surface area contributed by atoms with Crippen LogP contribution in [0.5, 0.6) is 0 Å². The van der Waals surface area contributed by atoms with Gasteiger partial charge in [-0.2, -0.15) is 0 Å². The summed E-state index contributed by atoms with van der Waals surface area (Å²) >= 11 is 0. The van der Waals surface area contributed by atoms with Crippen LogP contribution in [0.4, 0.5) is 34.8 Å². The predicted octanol–water partition coefficient (Wildman–Crippen LogP) is 4.88. The minimum atomic E-state index is -1.68. The summed E-state index contributed by atoms with van der Waals surface area (Å²) in [4.78, 5) is 15.6. The van der Waals surface area contributed by atoms with Gasteiger partial charge in [0, 0.05) is 18.2 Å². The van der Waals surface area contributed by atoms with Gasteiger partial charge in [0.15, 0.2) is 23.3 Å². The Kier molecular flexibility index (Phi) is 6.98. The lowest BCUT2D eigenvalue weighted by molar-refractivity contribution is 0.100. The molecule has 0 aliphatic heterocycles. The molecule has 5 nitrogen and oxygen atoms in total. The lowest BCUT2D eigenvalue weighted by Gasteiger charge is -2.16. The first-order valence-corrected chi connectivity index (χ1v) is 13.7. The summed E-state index contributed by atoms with van der Waals surface area (Å²) in [5.41, 5.74) is 12.6. The molecule has 0 aliphatic carbocycles. The van der Waals surface area contributed by atoms with Crippen LogP contribution in [-0.2, 0) is 6.42 Å². The van der Waals surface area contributed by atoms with E-state index in [-0.39, 0.29) is 16.8 Å². The third-order valence-corrected chi connectivity index (χ3v) is 5.61. The van der Waals surface area contributed by atoms with Crippen LogP contribution in [0.25, 0.3) is 0 Å². The van der Waals surface area contributed by atoms with Crippen LogP contribution in [0.15, 0.2) is 36.5 Å². The monoisotopic (exact) mass is 486 g/mol. The van der Waals surface area contributed by atoms with E-state index in [1.807, 2.05) is 19.6 Å². The second-order valence-corrected chi connectivity index (χ2v) is 13.4. The molecule has 0 bridgehead atoms. The second kappa shape index (κ2) is 9.57. The molecule has 1 amide bonds. The molecule has 0 atom stereocenters. The molecular weight excluding hydrogens is 464 g/mol. The number of hydrogen-bond donors (Lipinski definition) is 3. The van der Waals surface area contributed by atoms with Crippen LogP contribution in [0, 0.1) is 34.7 Å². The zero-order chi connectivity index (χ0) is 25.2. The van der Waals surface area contributed by atoms with Crippen molar-refractivity contribution in [1.82, 2.24) is 4.98 Å². The highest BCUT2D eigenvalue weighted by atomic mass is 28.3. The van der Waals surface area contributed by atoms with Gasteiger partial charge in [0.05, 0.1) is 16.9 Å². The van der Waals surface area contributed by atoms with E-state index in [1.54, 1.807) is 0 Å². The van der Waals surface area contributed by atoms with Gasteiger partial charge in [0.2, 0.25) is 0 Å². The summed E-state index contributed by atoms with van der Waals surface area (Å²) in [5, 5.41) is 2.41. The van der Waals surface area contributed by atoms with Crippen molar-refractivity contribution in [3.8, 4) is 11.5 Å². The minimum absolute atomic E-state index is 0.0528. The zero-order valence-electron chi connectivity index (χ0n) is 18.7. The van der Waals surface area contributed by atoms with Crippen LogP contribution in [0.3, 0.4) is 0 Å². The molecule has 0 unspecified atom stereocenters. The highest BCUT2D eigenvalue weighted by molar-refractivity contribution is 6.83. The Hall–Kier alpha value is -3.84. The molecule has 10 heteroatoms. The number of aromatic nitrogens is 1. The van der Waals surface area contributed by atoms with Crippen LogP contribution in [0.1, 0.15) is 27.0 Å². The third-order valence-electron chi connectivity index (χ3n) is 4.74. The van der Waals surface area contributed by atoms with Gasteiger partial charge in [-0.25, -0.2) is 22.5 Å². The number of carbonyl (C=O) groups excluding carboxylic acids is 1. The molecule has 0 saturated carbocycles. The van der Waals surface area contributed by atoms with E-state index in [0.717, 1.165) is 12.1 Å². The fraction of sp³-hybridized carbons (Fsp3) is 0.167. The van der Waals surface area contributed by atoms with Gasteiger partial charge >= 0.3 is 0 Å². The average molecular weight is 487 g/mol. The van der Waals surface area contributed by atoms with Gasteiger partial charge < -0.3 is 16.8 Å². The number of rotatable bonds is 5. The minimum Gasteiger partial charge on any atom is -0.381 e. The maximum atomic E-state index is 15.0. The van der Waals surface area contributed by atoms with E-state index in [1.165, 1.54) is 24.4 Å². The predicted molar refractivity (Wildman–Crippen MR) is 126 cm³/mol. The molecule has 1 heterocycles. The molecule has 3 rings (SSSR count). The fourth-order valence-electron chi connectivity index (χ4n) is 3.06. The number of anilines is 3. The lowest BCUT2D eigenvalue weighted by atomic mass is 10.00. The third kappa shape index (κ3) is 5.55. The number of hydrogen-bond acceptors (Lipinski definition) is 4. The topological polar surface area (TPSA) is 94.0 Å². The summed E-state index contributed by atoms with van der Waals surface area (Å²) < 4.78 is 58.7. The number of nitrogen functional groups attached to an aromatic ring is 1. The molecule has 0 fully saturated rings. The van der Waals surface area contributed by atoms with E-state index >= 15 is 0 Å². The molecule has 0 spiro atoms. The molecule has 5 N–H and O–H groups in total. The molecule has 1 aromatic heterocycles. The number of amides is 1. The second-order valence-electron chi connectivity index (χ2n) is 8.62. The van der Waals surface area contributed by atoms with Crippen molar-refractivity contribution >= 4 is 31.2 Å². The first-order valence-electron chi connectivity index (χ1n) is 10.2. The Balaban J connectivity index is 2.01. The fourth-order valence-corrected chi connectivity index (χ4v) is 3.58. The molecular formula is C24H22F4N4OSi. The summed E-state index contributed by atoms with van der Waals surface area (Å²) in [6.07, 6.45) is 0.800. The summed E-state index contributed by atoms with van der Waals surface area (Å²) in [7, 11) is -1.68. The molecule has 0 saturated heterocycles. The van der Waals surface area contributed by atoms with Gasteiger partial charge in [0.25, 0.3) is 5.91 Å². The van der Waals surface area contributed by atoms with Gasteiger partial charge in [0.1, 0.15) is 13.9 Å². The number of pyridine rings is 1. The molecule has 0 aliphatic rings. The molecule has 2 aromatic carbocycles. The zero-order valence-corrected chi connectivity index (χ0v) is 19.7. The smallest absolute Gasteiger partial charge is 0.250 e. The maximum absolute atomic E-state index is 15.0. The van der Waals surface area contributed by atoms with Crippen molar-refractivity contribution in [3.05, 3.63) is 82.1 Å². The Labute approximate surface area is 195 Å². The van der Waals surface area contributed by atoms with Gasteiger partial charge in [-0.3, -0.25) is 4.79 Å². The highest BCUT2D eigenvalue weighted by Gasteiger charge is 2.23. The van der Waals surface area contributed by atoms with Crippen molar-refractivity contribution in [2.24, 2.45) is 5.73 Å². The van der Waals surface area contributed by atoms with Gasteiger partial charge in [-0.1, -0.05) is 25.6 Å². The number of nitrogens with two attached hydrogens (primary N) is 2. The molecule has 0 radical (unpaired) electrons. The number of halogens is 4. The number of nitrogens with zero attached hydrogens (tertiary/aromatic N) is 1. The van der Waals surface area contributed by atoms with Gasteiger partial charge in [-0.05, 0) is 41.5 Å². The Morgan fingerprint density at radius 2 is 1.74 bits per heavy atom. The average Bonchev–Trinajstić information content (AvgIpc) is 2.75. The lowest BCUT2D eigenvalue weighted by Crippen LogP contribution is -2.17. The van der Waals surface area contributed by atoms with Crippen LogP contribution in [-0.4, -0.2) is 19.0 Å². The summed E-state index contributed by atoms with van der Waals surface area (Å²) in [6, 6.07) is 6.21. The standard InChI is InChI=1S/C24H22F4N4OSi/c1-34(2,3)9-7-13-4-5-18(17(25)10-13)32-22-16(24(30)33)12-15(19(26)21(22)28)11-14-6-8-31-23(29)20(14)27/h4-6,8,10,12,32H,11H2,1-3H3,(H2,29,31)(H2,30,33). The number of primary amides is 1. The molecule has 3 aromatic rings. The Morgan fingerprint density at radius 3 is 2.35 bits per heavy atom. The Morgan fingerprint density at radius 1 is 1.03 bits per heavy atom. The van der Waals surface area contributed by atoms with Crippen molar-refractivity contribution in [2.45, 2.75) is 26.1 Å². The first-order chi connectivity index (χ1) is 15.9. The van der Waals surface area contributed by atoms with Crippen LogP contribution >= 0.6 is 0 Å². The number of nitrogens with one attached hydrogen (secondary N) is 1. The van der Waals surface area contributed by atoms with Crippen LogP contribution in [0.2, 0.25) is 19.6 Å². The van der Waals surface area contributed by atoms with E-state index in [9.17, 15) is 22.4 Å². The first kappa shape index (κ1) is 24.8. The Bertz CT molecular complexity index is 1340. The SMILES string of the molecule is C[Si](C)(C)C#Cc1ccc(Nc2c(C(N)=O)cc(Cc3ccnc(N)c3F)c(F)c2F)c(F)c1. The maximum Gasteiger partial charge on any atom is 0.250 e. The quantitative estimate of drug-likeness (QED) is 0.272. The van der Waals surface area contributed by atoms with Crippen molar-refractivity contribution in [1.29, 1.82) is 0 Å². The normalized spacial score (nSPS) is 11.0. The number of benzene rings is 2. The van der Waals surface area contributed by atoms with E-state index in [4.69, 9.17) is 11.5 Å². The van der Waals surface area contributed by atoms with Crippen molar-refractivity contribution in [3.63, 3.8) is 0 Å². The summed E-state index contributed by atoms with van der Waals surface area (Å²) in [6.45, 7) is 6.11. The summed E-state index contributed by atoms with van der Waals surface area (Å²) in [5.74, 6) is -3.07. The van der Waals surface area contributed by atoms with E-state index in [0.29, 0.717) is 5.56 Å². The molecule has 176 valence electrons. The van der Waals surface area contributed by atoms with E-state index in [2.05, 4.69) is 21.8 Å². The molecule has 34 heavy (non-hydrogen) atoms. The number of carbonyl (C=O) groups is 1. The van der Waals surface area contributed by atoms with Gasteiger partial charge in [-0.15, -0.1) is 5.54 Å².